The van der Waals surface area contributed by atoms with Crippen molar-refractivity contribution in [3.8, 4) is 0 Å². The highest BCUT2D eigenvalue weighted by atomic mass is 16.7. The van der Waals surface area contributed by atoms with Crippen LogP contribution < -0.4 is 0 Å². The Labute approximate surface area is 86.2 Å². The van der Waals surface area contributed by atoms with Gasteiger partial charge in [-0.05, 0) is 5.92 Å². The van der Waals surface area contributed by atoms with Crippen LogP contribution in [0.5, 0.6) is 0 Å². The fourth-order valence-electron chi connectivity index (χ4n) is 0.600. The lowest BCUT2D eigenvalue weighted by molar-refractivity contribution is -0.616. The van der Waals surface area contributed by atoms with Crippen molar-refractivity contribution in [1.82, 2.24) is 5.01 Å². The third kappa shape index (κ3) is 5.34. The van der Waals surface area contributed by atoms with Crippen LogP contribution in [-0.4, -0.2) is 28.1 Å². The van der Waals surface area contributed by atoms with Crippen molar-refractivity contribution in [1.29, 1.82) is 0 Å². The Hall–Kier alpha value is -1.99. The molecule has 0 spiro atoms. The van der Waals surface area contributed by atoms with Gasteiger partial charge >= 0.3 is 5.82 Å². The highest BCUT2D eigenvalue weighted by Gasteiger charge is 2.25. The van der Waals surface area contributed by atoms with Gasteiger partial charge in [0, 0.05) is 13.3 Å². The molecule has 84 valence electrons. The lowest BCUT2D eigenvalue weighted by Crippen LogP contribution is -2.14. The van der Waals surface area contributed by atoms with Crippen LogP contribution in [-0.2, 0) is 0 Å². The predicted molar refractivity (Wildman–Crippen MR) is 53.2 cm³/mol. The van der Waals surface area contributed by atoms with Gasteiger partial charge in [0.25, 0.3) is 0 Å². The molecular weight excluding hydrogens is 204 g/mol. The van der Waals surface area contributed by atoms with E-state index in [9.17, 15) is 20.2 Å². The van der Waals surface area contributed by atoms with E-state index >= 15 is 0 Å². The quantitative estimate of drug-likeness (QED) is 0.386. The summed E-state index contributed by atoms with van der Waals surface area (Å²) in [5, 5.41) is 25.2. The van der Waals surface area contributed by atoms with Gasteiger partial charge in [-0.25, -0.2) is 0 Å². The monoisotopic (exact) mass is 216 g/mol. The molecule has 0 bridgehead atoms. The fourth-order valence-corrected chi connectivity index (χ4v) is 0.600. The summed E-state index contributed by atoms with van der Waals surface area (Å²) in [5.41, 5.74) is 0. The summed E-state index contributed by atoms with van der Waals surface area (Å²) in [5.74, 6) is -0.950. The molecule has 0 aromatic carbocycles. The molecule has 15 heavy (non-hydrogen) atoms. The van der Waals surface area contributed by atoms with Crippen LogP contribution in [0.1, 0.15) is 13.8 Å². The van der Waals surface area contributed by atoms with E-state index in [0.29, 0.717) is 0 Å². The van der Waals surface area contributed by atoms with Crippen molar-refractivity contribution in [2.45, 2.75) is 13.8 Å². The minimum absolute atomic E-state index is 0.163. The second-order valence-corrected chi connectivity index (χ2v) is 3.08. The SMILES string of the molecule is CC(C)/C=N/N(C)C=C([N+](=O)[O-])[N+](=O)[O-]. The van der Waals surface area contributed by atoms with Crippen LogP contribution in [0, 0.1) is 26.1 Å². The summed E-state index contributed by atoms with van der Waals surface area (Å²) in [6.07, 6.45) is 2.27. The maximum atomic E-state index is 10.2. The third-order valence-corrected chi connectivity index (χ3v) is 1.22. The normalized spacial score (nSPS) is 10.4. The number of hydrogen-bond acceptors (Lipinski definition) is 6. The summed E-state index contributed by atoms with van der Waals surface area (Å²) in [6.45, 7) is 3.73. The second kappa shape index (κ2) is 5.68. The fraction of sp³-hybridized carbons (Fsp3) is 0.571. The number of hydrogen-bond donors (Lipinski definition) is 0. The minimum Gasteiger partial charge on any atom is -0.263 e. The number of nitro groups is 2. The second-order valence-electron chi connectivity index (χ2n) is 3.08. The molecule has 8 heteroatoms. The van der Waals surface area contributed by atoms with Gasteiger partial charge in [0.1, 0.15) is 9.85 Å². The Balaban J connectivity index is 4.69. The van der Waals surface area contributed by atoms with E-state index in [1.165, 1.54) is 13.3 Å². The summed E-state index contributed by atoms with van der Waals surface area (Å²) < 4.78 is 0. The van der Waals surface area contributed by atoms with E-state index in [-0.39, 0.29) is 5.92 Å². The Kier molecular flexibility index (Phi) is 4.93. The first-order valence-corrected chi connectivity index (χ1v) is 4.12. The largest absolute Gasteiger partial charge is 0.576 e. The maximum Gasteiger partial charge on any atom is 0.576 e. The van der Waals surface area contributed by atoms with Crippen LogP contribution in [0.2, 0.25) is 0 Å². The van der Waals surface area contributed by atoms with Gasteiger partial charge in [-0.2, -0.15) is 5.10 Å². The molecule has 0 radical (unpaired) electrons. The van der Waals surface area contributed by atoms with Crippen LogP contribution in [0.25, 0.3) is 0 Å². The molecule has 0 aromatic heterocycles. The molecule has 0 aromatic rings. The zero-order chi connectivity index (χ0) is 12.0. The molecule has 0 rings (SSSR count). The van der Waals surface area contributed by atoms with Crippen LogP contribution in [0.15, 0.2) is 17.1 Å². The molecule has 0 aliphatic heterocycles. The Morgan fingerprint density at radius 3 is 2.13 bits per heavy atom. The van der Waals surface area contributed by atoms with Crippen LogP contribution in [0.4, 0.5) is 0 Å². The van der Waals surface area contributed by atoms with Gasteiger partial charge in [0.05, 0.1) is 0 Å². The van der Waals surface area contributed by atoms with E-state index in [0.717, 1.165) is 11.2 Å². The molecule has 0 fully saturated rings. The van der Waals surface area contributed by atoms with Gasteiger partial charge in [0.15, 0.2) is 6.20 Å². The topological polar surface area (TPSA) is 102 Å². The van der Waals surface area contributed by atoms with Crippen LogP contribution >= 0.6 is 0 Å². The lowest BCUT2D eigenvalue weighted by Gasteiger charge is -2.03. The molecule has 0 aliphatic carbocycles. The van der Waals surface area contributed by atoms with E-state index < -0.39 is 15.7 Å². The summed E-state index contributed by atoms with van der Waals surface area (Å²) in [4.78, 5) is 18.3. The minimum atomic E-state index is -1.11. The zero-order valence-electron chi connectivity index (χ0n) is 8.65. The van der Waals surface area contributed by atoms with Crippen molar-refractivity contribution in [3.05, 3.63) is 32.2 Å². The first-order valence-electron chi connectivity index (χ1n) is 4.12. The molecule has 0 saturated heterocycles. The van der Waals surface area contributed by atoms with Gasteiger partial charge in [-0.15, -0.1) is 0 Å². The Morgan fingerprint density at radius 2 is 1.80 bits per heavy atom. The van der Waals surface area contributed by atoms with Gasteiger partial charge in [-0.3, -0.25) is 25.2 Å². The van der Waals surface area contributed by atoms with E-state index in [2.05, 4.69) is 5.10 Å². The molecule has 0 atom stereocenters. The Morgan fingerprint density at radius 1 is 1.33 bits per heavy atom. The molecule has 0 saturated carbocycles. The maximum absolute atomic E-state index is 10.2. The molecular formula is C7H12N4O4. The van der Waals surface area contributed by atoms with E-state index in [4.69, 9.17) is 0 Å². The molecule has 0 amide bonds. The average Bonchev–Trinajstić information content (AvgIpc) is 2.09. The highest BCUT2D eigenvalue weighted by molar-refractivity contribution is 5.59. The van der Waals surface area contributed by atoms with E-state index in [1.807, 2.05) is 13.8 Å². The van der Waals surface area contributed by atoms with Gasteiger partial charge in [0.2, 0.25) is 0 Å². The summed E-state index contributed by atoms with van der Waals surface area (Å²) in [7, 11) is 1.38. The van der Waals surface area contributed by atoms with Gasteiger partial charge < -0.3 is 0 Å². The molecule has 0 aliphatic rings. The van der Waals surface area contributed by atoms with Crippen molar-refractivity contribution in [2.24, 2.45) is 11.0 Å². The average molecular weight is 216 g/mol. The molecule has 0 unspecified atom stereocenters. The first kappa shape index (κ1) is 13.0. The summed E-state index contributed by atoms with van der Waals surface area (Å²) >= 11 is 0. The standard InChI is InChI=1S/C7H12N4O4/c1-6(2)4-8-9(3)5-7(10(12)13)11(14)15/h4-6H,1-3H3/b8-4+. The van der Waals surface area contributed by atoms with Crippen molar-refractivity contribution >= 4 is 6.21 Å². The molecule has 0 heterocycles. The lowest BCUT2D eigenvalue weighted by atomic mass is 10.3. The molecule has 8 nitrogen and oxygen atoms in total. The third-order valence-electron chi connectivity index (χ3n) is 1.22. The Bertz CT molecular complexity index is 294. The molecule has 0 N–H and O–H groups in total. The predicted octanol–water partition coefficient (Wildman–Crippen LogP) is 0.912. The van der Waals surface area contributed by atoms with Crippen molar-refractivity contribution in [3.63, 3.8) is 0 Å². The smallest absolute Gasteiger partial charge is 0.263 e. The zero-order valence-corrected chi connectivity index (χ0v) is 8.65. The van der Waals surface area contributed by atoms with Crippen molar-refractivity contribution in [2.75, 3.05) is 7.05 Å². The summed E-state index contributed by atoms with van der Waals surface area (Å²) in [6, 6.07) is 0. The first-order chi connectivity index (χ1) is 6.84. The number of nitrogens with zero attached hydrogens (tertiary/aromatic N) is 4. The number of hydrazone groups is 1. The highest BCUT2D eigenvalue weighted by Crippen LogP contribution is 1.99. The number of rotatable bonds is 5. The van der Waals surface area contributed by atoms with Gasteiger partial charge in [-0.1, -0.05) is 13.8 Å². The van der Waals surface area contributed by atoms with Crippen LogP contribution in [0.3, 0.4) is 0 Å². The van der Waals surface area contributed by atoms with E-state index in [1.54, 1.807) is 0 Å². The van der Waals surface area contributed by atoms with Crippen molar-refractivity contribution < 1.29 is 9.85 Å².